The molecule has 1 rings (SSSR count). The first-order chi connectivity index (χ1) is 6.50. The highest BCUT2D eigenvalue weighted by Crippen LogP contribution is 2.44. The fraction of sp³-hybridized carbons (Fsp3) is 0.615. The zero-order valence-corrected chi connectivity index (χ0v) is 9.54. The Morgan fingerprint density at radius 1 is 1.50 bits per heavy atom. The van der Waals surface area contributed by atoms with E-state index < -0.39 is 0 Å². The number of allylic oxidation sites excluding steroid dienone is 4. The molecule has 76 valence electrons. The molecule has 0 radical (unpaired) electrons. The molecular formula is C13H19N. The van der Waals surface area contributed by atoms with Gasteiger partial charge in [0.25, 0.3) is 0 Å². The number of hydrogen-bond donors (Lipinski definition) is 0. The summed E-state index contributed by atoms with van der Waals surface area (Å²) in [5.74, 6) is 1.26. The SMILES string of the molecule is C[C@@H]1CC=C(/C=C/C#N)[C@H](C)C1(C)C. The van der Waals surface area contributed by atoms with Crippen LogP contribution in [0.2, 0.25) is 0 Å². The third-order valence-electron chi connectivity index (χ3n) is 3.94. The smallest absolute Gasteiger partial charge is 0.0912 e. The summed E-state index contributed by atoms with van der Waals surface area (Å²) in [5, 5.41) is 8.50. The van der Waals surface area contributed by atoms with Crippen molar-refractivity contribution in [2.24, 2.45) is 17.3 Å². The van der Waals surface area contributed by atoms with Gasteiger partial charge in [-0.1, -0.05) is 33.8 Å². The van der Waals surface area contributed by atoms with E-state index in [1.165, 1.54) is 5.57 Å². The second-order valence-corrected chi connectivity index (χ2v) is 4.85. The Labute approximate surface area is 87.1 Å². The first kappa shape index (κ1) is 11.0. The van der Waals surface area contributed by atoms with Crippen molar-refractivity contribution in [1.82, 2.24) is 0 Å². The highest BCUT2D eigenvalue weighted by molar-refractivity contribution is 5.28. The second kappa shape index (κ2) is 4.00. The number of rotatable bonds is 1. The number of nitrogens with zero attached hydrogens (tertiary/aromatic N) is 1. The molecule has 1 aliphatic carbocycles. The van der Waals surface area contributed by atoms with Crippen molar-refractivity contribution >= 4 is 0 Å². The van der Waals surface area contributed by atoms with E-state index in [2.05, 4.69) is 39.8 Å². The zero-order chi connectivity index (χ0) is 10.8. The lowest BCUT2D eigenvalue weighted by molar-refractivity contribution is 0.153. The van der Waals surface area contributed by atoms with Gasteiger partial charge in [-0.15, -0.1) is 0 Å². The molecule has 1 nitrogen and oxygen atoms in total. The highest BCUT2D eigenvalue weighted by atomic mass is 14.4. The molecule has 1 aliphatic rings. The monoisotopic (exact) mass is 189 g/mol. The van der Waals surface area contributed by atoms with E-state index in [-0.39, 0.29) is 0 Å². The molecule has 0 heterocycles. The minimum absolute atomic E-state index is 0.337. The van der Waals surface area contributed by atoms with E-state index in [4.69, 9.17) is 5.26 Å². The average Bonchev–Trinajstić information content (AvgIpc) is 2.14. The lowest BCUT2D eigenvalue weighted by Crippen LogP contribution is -2.33. The minimum atomic E-state index is 0.337. The van der Waals surface area contributed by atoms with Gasteiger partial charge in [0.1, 0.15) is 0 Å². The summed E-state index contributed by atoms with van der Waals surface area (Å²) in [7, 11) is 0. The molecule has 1 heteroatoms. The van der Waals surface area contributed by atoms with Gasteiger partial charge >= 0.3 is 0 Å². The Kier molecular flexibility index (Phi) is 3.16. The Balaban J connectivity index is 2.92. The van der Waals surface area contributed by atoms with E-state index in [1.54, 1.807) is 6.08 Å². The molecule has 14 heavy (non-hydrogen) atoms. The summed E-state index contributed by atoms with van der Waals surface area (Å²) < 4.78 is 0. The van der Waals surface area contributed by atoms with Crippen LogP contribution in [0.5, 0.6) is 0 Å². The topological polar surface area (TPSA) is 23.8 Å². The van der Waals surface area contributed by atoms with Crippen molar-refractivity contribution in [3.63, 3.8) is 0 Å². The summed E-state index contributed by atoms with van der Waals surface area (Å²) >= 11 is 0. The van der Waals surface area contributed by atoms with Gasteiger partial charge in [-0.05, 0) is 35.3 Å². The molecule has 0 aliphatic heterocycles. The lowest BCUT2D eigenvalue weighted by atomic mass is 9.63. The molecule has 0 spiro atoms. The van der Waals surface area contributed by atoms with Crippen molar-refractivity contribution in [3.05, 3.63) is 23.8 Å². The Morgan fingerprint density at radius 2 is 2.14 bits per heavy atom. The van der Waals surface area contributed by atoms with E-state index in [9.17, 15) is 0 Å². The van der Waals surface area contributed by atoms with Crippen LogP contribution in [0.25, 0.3) is 0 Å². The predicted molar refractivity (Wildman–Crippen MR) is 59.6 cm³/mol. The summed E-state index contributed by atoms with van der Waals surface area (Å²) in [6.07, 6.45) is 6.93. The predicted octanol–water partition coefficient (Wildman–Crippen LogP) is 3.69. The third kappa shape index (κ3) is 1.90. The van der Waals surface area contributed by atoms with Crippen LogP contribution in [-0.4, -0.2) is 0 Å². The normalized spacial score (nSPS) is 31.2. The molecule has 0 bridgehead atoms. The Hall–Kier alpha value is -1.03. The summed E-state index contributed by atoms with van der Waals surface area (Å²) in [4.78, 5) is 0. The fourth-order valence-electron chi connectivity index (χ4n) is 2.00. The van der Waals surface area contributed by atoms with Crippen LogP contribution in [0.15, 0.2) is 23.8 Å². The Bertz CT molecular complexity index is 302. The molecule has 0 N–H and O–H groups in total. The van der Waals surface area contributed by atoms with E-state index >= 15 is 0 Å². The maximum absolute atomic E-state index is 8.50. The van der Waals surface area contributed by atoms with Gasteiger partial charge in [-0.2, -0.15) is 5.26 Å². The molecule has 0 aromatic heterocycles. The van der Waals surface area contributed by atoms with Crippen molar-refractivity contribution in [2.45, 2.75) is 34.1 Å². The molecule has 0 saturated heterocycles. The van der Waals surface area contributed by atoms with Crippen LogP contribution in [0, 0.1) is 28.6 Å². The standard InChI is InChI=1S/C13H19N/c1-10-7-8-12(6-5-9-14)11(2)13(10,3)4/h5-6,8,10-11H,7H2,1-4H3/b6-5+/t10-,11+/m1/s1. The molecule has 0 aromatic carbocycles. The zero-order valence-electron chi connectivity index (χ0n) is 9.54. The van der Waals surface area contributed by atoms with E-state index in [0.29, 0.717) is 11.3 Å². The van der Waals surface area contributed by atoms with Crippen LogP contribution in [-0.2, 0) is 0 Å². The summed E-state index contributed by atoms with van der Waals surface area (Å²) in [6.45, 7) is 9.19. The van der Waals surface area contributed by atoms with Gasteiger partial charge in [0.2, 0.25) is 0 Å². The van der Waals surface area contributed by atoms with Crippen molar-refractivity contribution < 1.29 is 0 Å². The largest absolute Gasteiger partial charge is 0.193 e. The van der Waals surface area contributed by atoms with E-state index in [0.717, 1.165) is 12.3 Å². The molecule has 0 fully saturated rings. The third-order valence-corrected chi connectivity index (χ3v) is 3.94. The van der Waals surface area contributed by atoms with Gasteiger partial charge in [0.15, 0.2) is 0 Å². The maximum Gasteiger partial charge on any atom is 0.0912 e. The maximum atomic E-state index is 8.50. The highest BCUT2D eigenvalue weighted by Gasteiger charge is 2.35. The van der Waals surface area contributed by atoms with Gasteiger partial charge in [-0.25, -0.2) is 0 Å². The Morgan fingerprint density at radius 3 is 2.71 bits per heavy atom. The first-order valence-corrected chi connectivity index (χ1v) is 5.26. The van der Waals surface area contributed by atoms with Gasteiger partial charge in [0.05, 0.1) is 6.07 Å². The van der Waals surface area contributed by atoms with E-state index in [1.807, 2.05) is 6.08 Å². The van der Waals surface area contributed by atoms with Crippen LogP contribution >= 0.6 is 0 Å². The van der Waals surface area contributed by atoms with Gasteiger partial charge < -0.3 is 0 Å². The lowest BCUT2D eigenvalue weighted by Gasteiger charge is -2.41. The number of nitriles is 1. The molecule has 0 saturated carbocycles. The summed E-state index contributed by atoms with van der Waals surface area (Å²) in [6, 6.07) is 2.05. The van der Waals surface area contributed by atoms with Crippen molar-refractivity contribution in [3.8, 4) is 6.07 Å². The number of hydrogen-bond acceptors (Lipinski definition) is 1. The van der Waals surface area contributed by atoms with Crippen molar-refractivity contribution in [1.29, 1.82) is 5.26 Å². The van der Waals surface area contributed by atoms with Crippen LogP contribution < -0.4 is 0 Å². The summed E-state index contributed by atoms with van der Waals surface area (Å²) in [5.41, 5.74) is 1.65. The average molecular weight is 189 g/mol. The molecule has 0 aromatic rings. The van der Waals surface area contributed by atoms with Gasteiger partial charge in [-0.3, -0.25) is 0 Å². The van der Waals surface area contributed by atoms with Crippen LogP contribution in [0.3, 0.4) is 0 Å². The minimum Gasteiger partial charge on any atom is -0.193 e. The fourth-order valence-corrected chi connectivity index (χ4v) is 2.00. The molecule has 0 unspecified atom stereocenters. The molecule has 2 atom stereocenters. The molecule has 0 amide bonds. The first-order valence-electron chi connectivity index (χ1n) is 5.26. The van der Waals surface area contributed by atoms with Crippen LogP contribution in [0.1, 0.15) is 34.1 Å². The van der Waals surface area contributed by atoms with Crippen LogP contribution in [0.4, 0.5) is 0 Å². The second-order valence-electron chi connectivity index (χ2n) is 4.85. The van der Waals surface area contributed by atoms with Gasteiger partial charge in [0, 0.05) is 6.08 Å². The quantitative estimate of drug-likeness (QED) is 0.577. The molecular weight excluding hydrogens is 170 g/mol. The van der Waals surface area contributed by atoms with Crippen molar-refractivity contribution in [2.75, 3.05) is 0 Å².